The number of pyridine rings is 1. The molecule has 1 saturated heterocycles. The summed E-state index contributed by atoms with van der Waals surface area (Å²) in [5.74, 6) is 0.679. The first-order valence-electron chi connectivity index (χ1n) is 12.5. The third-order valence-corrected chi connectivity index (χ3v) is 9.16. The second-order valence-electron chi connectivity index (χ2n) is 11.2. The molecule has 1 aliphatic heterocycles. The molecule has 2 atom stereocenters. The lowest BCUT2D eigenvalue weighted by molar-refractivity contribution is -0.0702. The van der Waals surface area contributed by atoms with Crippen LogP contribution < -0.4 is 11.1 Å². The van der Waals surface area contributed by atoms with E-state index >= 15 is 0 Å². The second kappa shape index (κ2) is 7.75. The molecule has 2 heterocycles. The van der Waals surface area contributed by atoms with E-state index in [1.807, 2.05) is 6.07 Å². The van der Waals surface area contributed by atoms with Gasteiger partial charge in [0.2, 0.25) is 0 Å². The Morgan fingerprint density at radius 3 is 2.53 bits per heavy atom. The summed E-state index contributed by atoms with van der Waals surface area (Å²) in [5.41, 5.74) is 9.09. The van der Waals surface area contributed by atoms with Crippen molar-refractivity contribution in [3.63, 3.8) is 0 Å². The van der Waals surface area contributed by atoms with Crippen molar-refractivity contribution in [2.75, 3.05) is 32.0 Å². The van der Waals surface area contributed by atoms with Crippen LogP contribution in [0.1, 0.15) is 60.9 Å². The third kappa shape index (κ3) is 3.60. The number of nitrogen functional groups attached to an aromatic ring is 1. The zero-order chi connectivity index (χ0) is 23.6. The number of likely N-dealkylation sites (tertiary alicyclic amines) is 1. The number of benzene rings is 1. The number of aliphatic hydroxyl groups is 1. The zero-order valence-electron chi connectivity index (χ0n) is 19.5. The Labute approximate surface area is 199 Å². The van der Waals surface area contributed by atoms with Gasteiger partial charge in [0, 0.05) is 42.3 Å². The molecule has 1 aromatic carbocycles. The Morgan fingerprint density at radius 2 is 1.85 bits per heavy atom. The van der Waals surface area contributed by atoms with E-state index in [0.29, 0.717) is 18.0 Å². The van der Waals surface area contributed by atoms with Gasteiger partial charge in [-0.05, 0) is 68.1 Å². The second-order valence-corrected chi connectivity index (χ2v) is 11.2. The molecule has 1 unspecified atom stereocenters. The Bertz CT molecular complexity index is 1100. The number of hydrogen-bond donors (Lipinski definition) is 3. The molecular weight excluding hydrogens is 431 g/mol. The van der Waals surface area contributed by atoms with E-state index < -0.39 is 5.60 Å². The number of fused-ring (bicyclic) bond motifs is 4. The van der Waals surface area contributed by atoms with Gasteiger partial charge in [-0.3, -0.25) is 9.69 Å². The van der Waals surface area contributed by atoms with Crippen LogP contribution in [0.4, 0.5) is 10.2 Å². The van der Waals surface area contributed by atoms with Gasteiger partial charge >= 0.3 is 0 Å². The van der Waals surface area contributed by atoms with Gasteiger partial charge in [-0.15, -0.1) is 0 Å². The quantitative estimate of drug-likeness (QED) is 0.609. The molecule has 1 amide bonds. The lowest BCUT2D eigenvalue weighted by atomic mass is 9.63. The number of carbonyl (C=O) groups excluding carboxylic acids is 1. The van der Waals surface area contributed by atoms with Gasteiger partial charge in [0.1, 0.15) is 12.5 Å². The Hall–Kier alpha value is -2.51. The van der Waals surface area contributed by atoms with Crippen LogP contribution in [0.15, 0.2) is 36.5 Å². The highest BCUT2D eigenvalue weighted by Crippen LogP contribution is 2.59. The molecule has 7 heteroatoms. The van der Waals surface area contributed by atoms with Gasteiger partial charge in [0.15, 0.2) is 0 Å². The standard InChI is InChI=1S/C27H33FN4O2/c28-11-12-32-16-21-14-27(21,17-32)20-3-1-18(2-4-20)19-13-22(23(29)30-15-19)24(33)31-25-5-8-26(34,9-6-25)10-7-25/h1-4,13,15,21,34H,5-12,14,16-17H2,(H2,29,30)(H,31,33)/t21?,25?,26?,27-/m1/s1. The Kier molecular flexibility index (Phi) is 5.01. The fourth-order valence-corrected chi connectivity index (χ4v) is 6.79. The number of rotatable bonds is 6. The lowest BCUT2D eigenvalue weighted by Crippen LogP contribution is -2.58. The zero-order valence-corrected chi connectivity index (χ0v) is 19.5. The molecule has 4 saturated carbocycles. The SMILES string of the molecule is Nc1ncc(-c2ccc([C@]34CC3CN(CCF)C4)cc2)cc1C(=O)NC12CCC(O)(CC1)CC2. The van der Waals surface area contributed by atoms with Crippen molar-refractivity contribution in [3.05, 3.63) is 47.7 Å². The lowest BCUT2D eigenvalue weighted by Gasteiger charge is -2.51. The number of nitrogens with zero attached hydrogens (tertiary/aromatic N) is 2. The van der Waals surface area contributed by atoms with Crippen molar-refractivity contribution in [3.8, 4) is 11.1 Å². The minimum atomic E-state index is -0.538. The number of carbonyl (C=O) groups is 1. The van der Waals surface area contributed by atoms with Gasteiger partial charge < -0.3 is 16.2 Å². The molecular formula is C27H33FN4O2. The molecule has 2 bridgehead atoms. The van der Waals surface area contributed by atoms with Gasteiger partial charge in [0.25, 0.3) is 5.91 Å². The van der Waals surface area contributed by atoms with Crippen LogP contribution in [0.5, 0.6) is 0 Å². The third-order valence-electron chi connectivity index (χ3n) is 9.16. The molecule has 0 radical (unpaired) electrons. The highest BCUT2D eigenvalue weighted by Gasteiger charge is 2.60. The van der Waals surface area contributed by atoms with Crippen molar-refractivity contribution in [1.29, 1.82) is 0 Å². The highest BCUT2D eigenvalue weighted by atomic mass is 19.1. The predicted octanol–water partition coefficient (Wildman–Crippen LogP) is 3.44. The molecule has 5 aliphatic rings. The Balaban J connectivity index is 1.19. The summed E-state index contributed by atoms with van der Waals surface area (Å²) < 4.78 is 12.8. The van der Waals surface area contributed by atoms with Crippen LogP contribution in [-0.4, -0.2) is 58.3 Å². The van der Waals surface area contributed by atoms with E-state index in [1.54, 1.807) is 6.20 Å². The van der Waals surface area contributed by atoms with Crippen molar-refractivity contribution in [2.24, 2.45) is 5.92 Å². The molecule has 5 fully saturated rings. The summed E-state index contributed by atoms with van der Waals surface area (Å²) in [6, 6.07) is 10.4. The van der Waals surface area contributed by atoms with Crippen molar-refractivity contribution >= 4 is 11.7 Å². The van der Waals surface area contributed by atoms with Crippen molar-refractivity contribution < 1.29 is 14.3 Å². The first kappa shape index (κ1) is 22.0. The van der Waals surface area contributed by atoms with Crippen LogP contribution in [0.2, 0.25) is 0 Å². The largest absolute Gasteiger partial charge is 0.390 e. The minimum absolute atomic E-state index is 0.184. The van der Waals surface area contributed by atoms with E-state index in [2.05, 4.69) is 39.5 Å². The molecule has 7 rings (SSSR count). The molecule has 6 nitrogen and oxygen atoms in total. The van der Waals surface area contributed by atoms with Gasteiger partial charge in [-0.2, -0.15) is 0 Å². The fourth-order valence-electron chi connectivity index (χ4n) is 6.79. The number of halogens is 1. The number of hydrogen-bond acceptors (Lipinski definition) is 5. The van der Waals surface area contributed by atoms with Gasteiger partial charge in [0.05, 0.1) is 11.2 Å². The van der Waals surface area contributed by atoms with Gasteiger partial charge in [-0.1, -0.05) is 24.3 Å². The van der Waals surface area contributed by atoms with Gasteiger partial charge in [-0.25, -0.2) is 9.37 Å². The molecule has 4 aliphatic carbocycles. The summed E-state index contributed by atoms with van der Waals surface area (Å²) in [7, 11) is 0. The number of piperidine rings is 1. The topological polar surface area (TPSA) is 91.5 Å². The van der Waals surface area contributed by atoms with Crippen LogP contribution in [0.3, 0.4) is 0 Å². The average molecular weight is 465 g/mol. The average Bonchev–Trinajstić information content (AvgIpc) is 3.42. The van der Waals surface area contributed by atoms with E-state index in [1.165, 1.54) is 12.0 Å². The maximum Gasteiger partial charge on any atom is 0.255 e. The summed E-state index contributed by atoms with van der Waals surface area (Å²) in [6.45, 7) is 2.17. The molecule has 34 heavy (non-hydrogen) atoms. The van der Waals surface area contributed by atoms with Crippen LogP contribution >= 0.6 is 0 Å². The number of nitrogens with two attached hydrogens (primary N) is 1. The number of amides is 1. The maximum absolute atomic E-state index is 13.2. The summed E-state index contributed by atoms with van der Waals surface area (Å²) >= 11 is 0. The number of alkyl halides is 1. The normalized spacial score (nSPS) is 34.1. The van der Waals surface area contributed by atoms with Crippen LogP contribution in [-0.2, 0) is 5.41 Å². The predicted molar refractivity (Wildman–Crippen MR) is 129 cm³/mol. The van der Waals surface area contributed by atoms with E-state index in [-0.39, 0.29) is 29.4 Å². The highest BCUT2D eigenvalue weighted by molar-refractivity contribution is 5.99. The minimum Gasteiger partial charge on any atom is -0.390 e. The van der Waals surface area contributed by atoms with Crippen molar-refractivity contribution in [2.45, 2.75) is 61.5 Å². The molecule has 180 valence electrons. The van der Waals surface area contributed by atoms with E-state index in [4.69, 9.17) is 5.73 Å². The monoisotopic (exact) mass is 464 g/mol. The first-order chi connectivity index (χ1) is 16.3. The molecule has 0 spiro atoms. The number of aromatic nitrogens is 1. The summed E-state index contributed by atoms with van der Waals surface area (Å²) in [6.07, 6.45) is 7.52. The Morgan fingerprint density at radius 1 is 1.15 bits per heavy atom. The molecule has 2 aromatic rings. The molecule has 4 N–H and O–H groups in total. The van der Waals surface area contributed by atoms with E-state index in [9.17, 15) is 14.3 Å². The first-order valence-corrected chi connectivity index (χ1v) is 12.5. The summed E-state index contributed by atoms with van der Waals surface area (Å²) in [4.78, 5) is 19.8. The van der Waals surface area contributed by atoms with E-state index in [0.717, 1.165) is 62.7 Å². The maximum atomic E-state index is 13.2. The summed E-state index contributed by atoms with van der Waals surface area (Å²) in [5, 5.41) is 13.7. The van der Waals surface area contributed by atoms with Crippen LogP contribution in [0.25, 0.3) is 11.1 Å². The van der Waals surface area contributed by atoms with Crippen molar-refractivity contribution in [1.82, 2.24) is 15.2 Å². The molecule has 1 aromatic heterocycles. The number of nitrogens with one attached hydrogen (secondary N) is 1. The number of anilines is 1. The van der Waals surface area contributed by atoms with Crippen LogP contribution in [0, 0.1) is 5.92 Å². The smallest absolute Gasteiger partial charge is 0.255 e. The fraction of sp³-hybridized carbons (Fsp3) is 0.556.